The Morgan fingerprint density at radius 3 is 2.60 bits per heavy atom. The van der Waals surface area contributed by atoms with Crippen LogP contribution in [0.3, 0.4) is 0 Å². The smallest absolute Gasteiger partial charge is 0.226 e. The summed E-state index contributed by atoms with van der Waals surface area (Å²) in [5, 5.41) is 2.68. The van der Waals surface area contributed by atoms with Crippen LogP contribution in [0.4, 0.5) is 8.78 Å². The molecule has 8 heteroatoms. The Balaban J connectivity index is 2.25. The summed E-state index contributed by atoms with van der Waals surface area (Å²) in [7, 11) is -2.53. The van der Waals surface area contributed by atoms with Crippen LogP contribution in [0.1, 0.15) is 5.56 Å². The maximum atomic E-state index is 14.2. The van der Waals surface area contributed by atoms with E-state index in [1.165, 1.54) is 35.0 Å². The average molecular weight is 363 g/mol. The third kappa shape index (κ3) is 3.18. The minimum absolute atomic E-state index is 0.0627. The van der Waals surface area contributed by atoms with Gasteiger partial charge in [-0.25, -0.2) is 17.2 Å². The van der Waals surface area contributed by atoms with E-state index in [2.05, 4.69) is 10.3 Å². The summed E-state index contributed by atoms with van der Waals surface area (Å²) in [6.45, 7) is 0.374. The van der Waals surface area contributed by atoms with Gasteiger partial charge >= 0.3 is 0 Å². The molecule has 5 nitrogen and oxygen atoms in total. The number of nitrogens with zero attached hydrogens (tertiary/aromatic N) is 2. The average Bonchev–Trinajstić information content (AvgIpc) is 3.00. The molecule has 0 spiro atoms. The first kappa shape index (κ1) is 17.2. The highest BCUT2D eigenvalue weighted by atomic mass is 32.2. The van der Waals surface area contributed by atoms with Gasteiger partial charge < -0.3 is 9.88 Å². The molecule has 0 aliphatic carbocycles. The molecular formula is C17H15F2N3O2S. The predicted octanol–water partition coefficient (Wildman–Crippen LogP) is 2.70. The van der Waals surface area contributed by atoms with E-state index in [0.29, 0.717) is 12.1 Å². The van der Waals surface area contributed by atoms with E-state index in [9.17, 15) is 17.2 Å². The molecule has 1 N–H and O–H groups in total. The van der Waals surface area contributed by atoms with Gasteiger partial charge in [-0.05, 0) is 36.9 Å². The molecule has 0 saturated heterocycles. The number of aromatic nitrogens is 2. The monoisotopic (exact) mass is 363 g/mol. The Morgan fingerprint density at radius 2 is 1.92 bits per heavy atom. The lowest BCUT2D eigenvalue weighted by molar-refractivity contribution is 0.559. The van der Waals surface area contributed by atoms with Crippen molar-refractivity contribution in [1.82, 2.24) is 14.9 Å². The molecular weight excluding hydrogens is 348 g/mol. The third-order valence-corrected chi connectivity index (χ3v) is 5.38. The fourth-order valence-corrected chi connectivity index (χ4v) is 3.98. The molecule has 0 amide bonds. The molecule has 0 aliphatic rings. The molecule has 0 unspecified atom stereocenters. The second-order valence-electron chi connectivity index (χ2n) is 5.35. The Labute approximate surface area is 143 Å². The second-order valence-corrected chi connectivity index (χ2v) is 7.21. The fourth-order valence-electron chi connectivity index (χ4n) is 2.51. The van der Waals surface area contributed by atoms with Crippen LogP contribution in [0.2, 0.25) is 0 Å². The lowest BCUT2D eigenvalue weighted by Gasteiger charge is -2.11. The normalized spacial score (nSPS) is 11.6. The van der Waals surface area contributed by atoms with Crippen LogP contribution in [-0.2, 0) is 16.4 Å². The maximum absolute atomic E-state index is 14.2. The molecule has 0 atom stereocenters. The molecule has 25 heavy (non-hydrogen) atoms. The molecule has 0 saturated carbocycles. The number of para-hydroxylation sites is 1. The number of hydrogen-bond acceptors (Lipinski definition) is 4. The Hall–Kier alpha value is -2.58. The van der Waals surface area contributed by atoms with E-state index in [1.807, 2.05) is 0 Å². The van der Waals surface area contributed by atoms with Crippen molar-refractivity contribution in [2.45, 2.75) is 16.5 Å². The van der Waals surface area contributed by atoms with Gasteiger partial charge in [0, 0.05) is 25.1 Å². The van der Waals surface area contributed by atoms with E-state index >= 15 is 0 Å². The minimum atomic E-state index is -4.23. The highest BCUT2D eigenvalue weighted by Gasteiger charge is 2.27. The van der Waals surface area contributed by atoms with Gasteiger partial charge in [0.2, 0.25) is 9.84 Å². The van der Waals surface area contributed by atoms with Gasteiger partial charge in [0.05, 0.1) is 5.69 Å². The fraction of sp³-hybridized carbons (Fsp3) is 0.118. The number of nitrogens with one attached hydrogen (secondary N) is 1. The van der Waals surface area contributed by atoms with Crippen LogP contribution in [-0.4, -0.2) is 25.0 Å². The minimum Gasteiger partial charge on any atom is -0.316 e. The topological polar surface area (TPSA) is 64.0 Å². The summed E-state index contributed by atoms with van der Waals surface area (Å²) in [6.07, 6.45) is 3.62. The standard InChI is InChI=1S/C17H15F2N3O2S/c1-20-9-12-8-17(22(11-12)15-5-3-2-4-13(15)18)25(23,24)16-10-21-7-6-14(16)19/h2-8,10-11,20H,9H2,1H3. The molecule has 2 aromatic heterocycles. The van der Waals surface area contributed by atoms with Gasteiger partial charge in [0.25, 0.3) is 0 Å². The first-order valence-electron chi connectivity index (χ1n) is 7.40. The number of pyridine rings is 1. The summed E-state index contributed by atoms with van der Waals surface area (Å²) in [6, 6.07) is 8.15. The molecule has 0 aliphatic heterocycles. The van der Waals surface area contributed by atoms with E-state index in [1.54, 1.807) is 13.1 Å². The zero-order chi connectivity index (χ0) is 18.0. The van der Waals surface area contributed by atoms with Crippen LogP contribution < -0.4 is 5.32 Å². The summed E-state index contributed by atoms with van der Waals surface area (Å²) in [4.78, 5) is 3.13. The summed E-state index contributed by atoms with van der Waals surface area (Å²) >= 11 is 0. The van der Waals surface area contributed by atoms with Crippen molar-refractivity contribution in [2.24, 2.45) is 0 Å². The summed E-state index contributed by atoms with van der Waals surface area (Å²) in [5.41, 5.74) is 0.682. The number of sulfone groups is 1. The summed E-state index contributed by atoms with van der Waals surface area (Å²) < 4.78 is 55.3. The zero-order valence-corrected chi connectivity index (χ0v) is 14.1. The maximum Gasteiger partial charge on any atom is 0.226 e. The van der Waals surface area contributed by atoms with Crippen LogP contribution in [0.25, 0.3) is 5.69 Å². The second kappa shape index (κ2) is 6.73. The van der Waals surface area contributed by atoms with Crippen LogP contribution in [0, 0.1) is 11.6 Å². The first-order chi connectivity index (χ1) is 11.9. The van der Waals surface area contributed by atoms with Crippen LogP contribution >= 0.6 is 0 Å². The van der Waals surface area contributed by atoms with Gasteiger partial charge in [-0.3, -0.25) is 4.98 Å². The molecule has 2 heterocycles. The number of hydrogen-bond donors (Lipinski definition) is 1. The van der Waals surface area contributed by atoms with Gasteiger partial charge in [-0.15, -0.1) is 0 Å². The van der Waals surface area contributed by atoms with Crippen molar-refractivity contribution in [3.8, 4) is 5.69 Å². The van der Waals surface area contributed by atoms with Gasteiger partial charge in [0.1, 0.15) is 21.6 Å². The summed E-state index contributed by atoms with van der Waals surface area (Å²) in [5.74, 6) is -1.50. The van der Waals surface area contributed by atoms with Gasteiger partial charge in [-0.2, -0.15) is 0 Å². The Morgan fingerprint density at radius 1 is 1.16 bits per heavy atom. The highest BCUT2D eigenvalue weighted by molar-refractivity contribution is 7.91. The Kier molecular flexibility index (Phi) is 4.65. The SMILES string of the molecule is CNCc1cc(S(=O)(=O)c2cnccc2F)n(-c2ccccc2F)c1. The van der Waals surface area contributed by atoms with Crippen LogP contribution in [0.15, 0.2) is 64.9 Å². The third-order valence-electron chi connectivity index (χ3n) is 3.63. The highest BCUT2D eigenvalue weighted by Crippen LogP contribution is 2.28. The van der Waals surface area contributed by atoms with E-state index in [4.69, 9.17) is 0 Å². The largest absolute Gasteiger partial charge is 0.316 e. The molecule has 1 aromatic carbocycles. The molecule has 0 radical (unpaired) electrons. The van der Waals surface area contributed by atoms with Crippen molar-refractivity contribution in [2.75, 3.05) is 7.05 Å². The predicted molar refractivity (Wildman–Crippen MR) is 88.1 cm³/mol. The van der Waals surface area contributed by atoms with E-state index in [0.717, 1.165) is 18.5 Å². The van der Waals surface area contributed by atoms with Crippen molar-refractivity contribution in [1.29, 1.82) is 0 Å². The number of rotatable bonds is 5. The Bertz CT molecular complexity index is 1020. The molecule has 0 fully saturated rings. The van der Waals surface area contributed by atoms with Gasteiger partial charge in [-0.1, -0.05) is 12.1 Å². The van der Waals surface area contributed by atoms with E-state index < -0.39 is 26.4 Å². The van der Waals surface area contributed by atoms with Crippen molar-refractivity contribution in [3.63, 3.8) is 0 Å². The van der Waals surface area contributed by atoms with E-state index in [-0.39, 0.29) is 10.7 Å². The lowest BCUT2D eigenvalue weighted by atomic mass is 10.3. The van der Waals surface area contributed by atoms with Crippen LogP contribution in [0.5, 0.6) is 0 Å². The lowest BCUT2D eigenvalue weighted by Crippen LogP contribution is -2.11. The van der Waals surface area contributed by atoms with Gasteiger partial charge in [0.15, 0.2) is 0 Å². The quantitative estimate of drug-likeness (QED) is 0.757. The van der Waals surface area contributed by atoms with Crippen molar-refractivity contribution in [3.05, 3.63) is 72.2 Å². The molecule has 130 valence electrons. The number of benzene rings is 1. The van der Waals surface area contributed by atoms with Crippen molar-refractivity contribution < 1.29 is 17.2 Å². The van der Waals surface area contributed by atoms with Crippen molar-refractivity contribution >= 4 is 9.84 Å². The molecule has 3 rings (SSSR count). The molecule has 3 aromatic rings. The molecule has 0 bridgehead atoms. The zero-order valence-electron chi connectivity index (χ0n) is 13.3. The first-order valence-corrected chi connectivity index (χ1v) is 8.89. The number of halogens is 2.